The molecule has 0 radical (unpaired) electrons. The van der Waals surface area contributed by atoms with Gasteiger partial charge < -0.3 is 31.2 Å². The van der Waals surface area contributed by atoms with E-state index in [-0.39, 0.29) is 22.6 Å². The van der Waals surface area contributed by atoms with Crippen molar-refractivity contribution in [2.45, 2.75) is 0 Å². The van der Waals surface area contributed by atoms with Gasteiger partial charge in [-0.15, -0.1) is 0 Å². The van der Waals surface area contributed by atoms with Crippen molar-refractivity contribution in [2.24, 2.45) is 0 Å². The molecule has 4 aromatic rings. The van der Waals surface area contributed by atoms with E-state index in [0.29, 0.717) is 22.9 Å². The van der Waals surface area contributed by atoms with E-state index in [9.17, 15) is 19.8 Å². The second-order valence-electron chi connectivity index (χ2n) is 7.37. The van der Waals surface area contributed by atoms with Crippen LogP contribution in [-0.4, -0.2) is 22.2 Å². The van der Waals surface area contributed by atoms with Crippen LogP contribution in [0.3, 0.4) is 0 Å². The van der Waals surface area contributed by atoms with Crippen molar-refractivity contribution in [3.63, 3.8) is 0 Å². The molecule has 0 unspecified atom stereocenters. The van der Waals surface area contributed by atoms with Crippen LogP contribution in [0.5, 0.6) is 23.0 Å². The van der Waals surface area contributed by atoms with Crippen LogP contribution in [0.15, 0.2) is 84.9 Å². The fourth-order valence-corrected chi connectivity index (χ4v) is 3.29. The highest BCUT2D eigenvalue weighted by Gasteiger charge is 2.14. The van der Waals surface area contributed by atoms with E-state index in [1.165, 1.54) is 24.3 Å². The predicted molar refractivity (Wildman–Crippen MR) is 128 cm³/mol. The molecule has 4 aromatic carbocycles. The van der Waals surface area contributed by atoms with Crippen LogP contribution < -0.4 is 20.9 Å². The SMILES string of the molecule is Nc1ccc(Oc2ccc(-c3ccc(Oc4ccc(N)cc4C(=O)O)cc3)cc2)c(C(=O)O)c1. The van der Waals surface area contributed by atoms with Crippen LogP contribution >= 0.6 is 0 Å². The van der Waals surface area contributed by atoms with E-state index in [0.717, 1.165) is 11.1 Å². The summed E-state index contributed by atoms with van der Waals surface area (Å²) >= 11 is 0. The molecule has 34 heavy (non-hydrogen) atoms. The van der Waals surface area contributed by atoms with Gasteiger partial charge in [-0.2, -0.15) is 0 Å². The molecule has 6 N–H and O–H groups in total. The first-order chi connectivity index (χ1) is 16.3. The summed E-state index contributed by atoms with van der Waals surface area (Å²) in [5.41, 5.74) is 13.8. The highest BCUT2D eigenvalue weighted by molar-refractivity contribution is 5.92. The number of benzene rings is 4. The molecule has 0 atom stereocenters. The molecule has 8 heteroatoms. The van der Waals surface area contributed by atoms with E-state index in [1.54, 1.807) is 36.4 Å². The van der Waals surface area contributed by atoms with E-state index in [2.05, 4.69) is 0 Å². The standard InChI is InChI=1S/C26H20N2O6/c27-17-5-11-23(21(13-17)25(29)30)33-19-7-1-15(2-8-19)16-3-9-20(10-4-16)34-24-12-6-18(28)14-22(24)26(31)32/h1-14H,27-28H2,(H,29,30)(H,31,32). The van der Waals surface area contributed by atoms with Crippen molar-refractivity contribution in [1.82, 2.24) is 0 Å². The first-order valence-electron chi connectivity index (χ1n) is 10.1. The Kier molecular flexibility index (Phi) is 6.05. The molecule has 0 fully saturated rings. The third kappa shape index (κ3) is 4.91. The second kappa shape index (κ2) is 9.25. The summed E-state index contributed by atoms with van der Waals surface area (Å²) in [5, 5.41) is 18.7. The van der Waals surface area contributed by atoms with Gasteiger partial charge in [0.1, 0.15) is 34.1 Å². The summed E-state index contributed by atoms with van der Waals surface area (Å²) in [6.45, 7) is 0. The average Bonchev–Trinajstić information content (AvgIpc) is 2.82. The third-order valence-electron chi connectivity index (χ3n) is 4.97. The summed E-state index contributed by atoms with van der Waals surface area (Å²) in [6.07, 6.45) is 0. The Morgan fingerprint density at radius 1 is 0.559 bits per heavy atom. The van der Waals surface area contributed by atoms with Gasteiger partial charge in [0.2, 0.25) is 0 Å². The molecule has 8 nitrogen and oxygen atoms in total. The van der Waals surface area contributed by atoms with Crippen molar-refractivity contribution >= 4 is 23.3 Å². The van der Waals surface area contributed by atoms with Gasteiger partial charge in [0, 0.05) is 11.4 Å². The fraction of sp³-hybridized carbons (Fsp3) is 0. The van der Waals surface area contributed by atoms with Crippen molar-refractivity contribution in [1.29, 1.82) is 0 Å². The summed E-state index contributed by atoms with van der Waals surface area (Å²) < 4.78 is 11.5. The lowest BCUT2D eigenvalue weighted by Crippen LogP contribution is -2.01. The van der Waals surface area contributed by atoms with Crippen LogP contribution in [-0.2, 0) is 0 Å². The first-order valence-corrected chi connectivity index (χ1v) is 10.1. The Morgan fingerprint density at radius 2 is 0.912 bits per heavy atom. The number of hydrogen-bond donors (Lipinski definition) is 4. The highest BCUT2D eigenvalue weighted by Crippen LogP contribution is 2.31. The van der Waals surface area contributed by atoms with Crippen molar-refractivity contribution in [2.75, 3.05) is 11.5 Å². The van der Waals surface area contributed by atoms with Gasteiger partial charge in [-0.3, -0.25) is 0 Å². The lowest BCUT2D eigenvalue weighted by molar-refractivity contribution is 0.0683. The molecular formula is C26H20N2O6. The average molecular weight is 456 g/mol. The molecular weight excluding hydrogens is 436 g/mol. The summed E-state index contributed by atoms with van der Waals surface area (Å²) in [7, 11) is 0. The van der Waals surface area contributed by atoms with Crippen LogP contribution in [0.4, 0.5) is 11.4 Å². The number of carboxylic acids is 2. The zero-order chi connectivity index (χ0) is 24.2. The second-order valence-corrected chi connectivity index (χ2v) is 7.37. The molecule has 170 valence electrons. The van der Waals surface area contributed by atoms with Crippen LogP contribution in [0.25, 0.3) is 11.1 Å². The topological polar surface area (TPSA) is 145 Å². The Hall–Kier alpha value is -4.98. The molecule has 0 saturated heterocycles. The number of carbonyl (C=O) groups is 2. The Morgan fingerprint density at radius 3 is 1.24 bits per heavy atom. The third-order valence-corrected chi connectivity index (χ3v) is 4.97. The Balaban J connectivity index is 1.49. The molecule has 0 amide bonds. The molecule has 0 saturated carbocycles. The maximum atomic E-state index is 11.4. The number of rotatable bonds is 7. The minimum atomic E-state index is -1.13. The molecule has 0 aliphatic carbocycles. The summed E-state index contributed by atoms with van der Waals surface area (Å²) in [5.74, 6) is -0.925. The van der Waals surface area contributed by atoms with Crippen molar-refractivity contribution in [3.8, 4) is 34.1 Å². The van der Waals surface area contributed by atoms with E-state index in [4.69, 9.17) is 20.9 Å². The van der Waals surface area contributed by atoms with Gasteiger partial charge >= 0.3 is 11.9 Å². The number of aromatic carboxylic acids is 2. The maximum Gasteiger partial charge on any atom is 0.339 e. The zero-order valence-corrected chi connectivity index (χ0v) is 17.8. The molecule has 0 bridgehead atoms. The van der Waals surface area contributed by atoms with Crippen molar-refractivity contribution < 1.29 is 29.3 Å². The van der Waals surface area contributed by atoms with E-state index in [1.807, 2.05) is 24.3 Å². The number of hydrogen-bond acceptors (Lipinski definition) is 6. The maximum absolute atomic E-state index is 11.4. The van der Waals surface area contributed by atoms with Crippen LogP contribution in [0.2, 0.25) is 0 Å². The van der Waals surface area contributed by atoms with Gasteiger partial charge in [-0.05, 0) is 71.8 Å². The van der Waals surface area contributed by atoms with Crippen LogP contribution in [0.1, 0.15) is 20.7 Å². The lowest BCUT2D eigenvalue weighted by Gasteiger charge is -2.11. The largest absolute Gasteiger partial charge is 0.478 e. The Bertz CT molecular complexity index is 1260. The van der Waals surface area contributed by atoms with E-state index < -0.39 is 11.9 Å². The Labute approximate surface area is 194 Å². The van der Waals surface area contributed by atoms with Gasteiger partial charge in [-0.25, -0.2) is 9.59 Å². The number of nitrogen functional groups attached to an aromatic ring is 2. The van der Waals surface area contributed by atoms with E-state index >= 15 is 0 Å². The van der Waals surface area contributed by atoms with Gasteiger partial charge in [0.25, 0.3) is 0 Å². The first kappa shape index (κ1) is 22.2. The zero-order valence-electron chi connectivity index (χ0n) is 17.8. The fourth-order valence-electron chi connectivity index (χ4n) is 3.29. The molecule has 0 aromatic heterocycles. The normalized spacial score (nSPS) is 10.5. The predicted octanol–water partition coefficient (Wildman–Crippen LogP) is 5.50. The lowest BCUT2D eigenvalue weighted by atomic mass is 10.1. The van der Waals surface area contributed by atoms with Crippen LogP contribution in [0, 0.1) is 0 Å². The minimum Gasteiger partial charge on any atom is -0.478 e. The van der Waals surface area contributed by atoms with Crippen molar-refractivity contribution in [3.05, 3.63) is 96.1 Å². The smallest absolute Gasteiger partial charge is 0.339 e. The monoisotopic (exact) mass is 456 g/mol. The summed E-state index contributed by atoms with van der Waals surface area (Å²) in [6, 6.07) is 23.2. The number of anilines is 2. The van der Waals surface area contributed by atoms with Gasteiger partial charge in [0.15, 0.2) is 0 Å². The molecule has 0 aliphatic rings. The minimum absolute atomic E-state index is 0.0215. The van der Waals surface area contributed by atoms with Gasteiger partial charge in [0.05, 0.1) is 0 Å². The summed E-state index contributed by atoms with van der Waals surface area (Å²) in [4.78, 5) is 22.9. The highest BCUT2D eigenvalue weighted by atomic mass is 16.5. The number of nitrogens with two attached hydrogens (primary N) is 2. The molecule has 0 aliphatic heterocycles. The molecule has 4 rings (SSSR count). The van der Waals surface area contributed by atoms with Gasteiger partial charge in [-0.1, -0.05) is 24.3 Å². The quantitative estimate of drug-likeness (QED) is 0.267. The number of carboxylic acid groups (broad SMARTS) is 2. The molecule has 0 heterocycles. The number of ether oxygens (including phenoxy) is 2. The molecule has 0 spiro atoms.